The lowest BCUT2D eigenvalue weighted by atomic mass is 9.64. The van der Waals surface area contributed by atoms with Gasteiger partial charge in [-0.3, -0.25) is 14.4 Å². The van der Waals surface area contributed by atoms with Crippen LogP contribution in [0.15, 0.2) is 67.8 Å². The molecule has 3 saturated heterocycles. The van der Waals surface area contributed by atoms with Crippen LogP contribution in [0.5, 0.6) is 0 Å². The van der Waals surface area contributed by atoms with Crippen LogP contribution in [0.4, 0.5) is 5.69 Å². The van der Waals surface area contributed by atoms with Crippen molar-refractivity contribution in [2.45, 2.75) is 63.2 Å². The zero-order valence-electron chi connectivity index (χ0n) is 24.8. The molecule has 3 aliphatic heterocycles. The maximum Gasteiger partial charge on any atom is 0.253 e. The molecule has 224 valence electrons. The van der Waals surface area contributed by atoms with E-state index in [1.807, 2.05) is 56.3 Å². The maximum atomic E-state index is 14.8. The van der Waals surface area contributed by atoms with Gasteiger partial charge in [0.15, 0.2) is 0 Å². The Bertz CT molecular complexity index is 1380. The lowest BCUT2D eigenvalue weighted by molar-refractivity contribution is -0.151. The van der Waals surface area contributed by atoms with Gasteiger partial charge in [-0.2, -0.15) is 0 Å². The number of hydrogen-bond donors (Lipinski definition) is 1. The third kappa shape index (κ3) is 4.65. The fourth-order valence-electron chi connectivity index (χ4n) is 7.71. The molecule has 0 aliphatic carbocycles. The predicted molar refractivity (Wildman–Crippen MR) is 164 cm³/mol. The number of amides is 3. The number of rotatable bonds is 13. The van der Waals surface area contributed by atoms with Gasteiger partial charge in [0.05, 0.1) is 17.4 Å². The van der Waals surface area contributed by atoms with Crippen molar-refractivity contribution in [1.82, 2.24) is 9.80 Å². The molecule has 3 heterocycles. The number of hydrogen-bond acceptors (Lipinski definition) is 5. The number of likely N-dealkylation sites (tertiary alicyclic amines) is 1. The van der Waals surface area contributed by atoms with Crippen molar-refractivity contribution in [2.75, 3.05) is 37.7 Å². The minimum atomic E-state index is -1.12. The van der Waals surface area contributed by atoms with Crippen LogP contribution >= 0.6 is 0 Å². The fourth-order valence-corrected chi connectivity index (χ4v) is 7.71. The van der Waals surface area contributed by atoms with Gasteiger partial charge in [-0.05, 0) is 55.0 Å². The molecule has 5 atom stereocenters. The van der Waals surface area contributed by atoms with E-state index in [2.05, 4.69) is 13.2 Å². The van der Waals surface area contributed by atoms with Gasteiger partial charge in [0, 0.05) is 38.5 Å². The van der Waals surface area contributed by atoms with Crippen LogP contribution in [0.2, 0.25) is 0 Å². The second-order valence-corrected chi connectivity index (χ2v) is 11.8. The predicted octanol–water partition coefficient (Wildman–Crippen LogP) is 4.32. The van der Waals surface area contributed by atoms with Gasteiger partial charge in [0.2, 0.25) is 11.8 Å². The molecule has 2 bridgehead atoms. The number of carbonyl (C=O) groups excluding carboxylic acids is 3. The summed E-state index contributed by atoms with van der Waals surface area (Å²) in [6.45, 7) is 13.1. The Balaban J connectivity index is 1.60. The average molecular weight is 574 g/mol. The Morgan fingerprint density at radius 3 is 2.48 bits per heavy atom. The molecule has 2 aromatic carbocycles. The molecule has 2 unspecified atom stereocenters. The van der Waals surface area contributed by atoms with Crippen molar-refractivity contribution in [3.8, 4) is 0 Å². The third-order valence-electron chi connectivity index (χ3n) is 9.52. The largest absolute Gasteiger partial charge is 0.396 e. The van der Waals surface area contributed by atoms with Crippen LogP contribution in [0.25, 0.3) is 10.8 Å². The highest BCUT2D eigenvalue weighted by Gasteiger charge is 2.79. The number of nitrogens with zero attached hydrogens (tertiary/aromatic N) is 3. The first-order valence-electron chi connectivity index (χ1n) is 15.2. The summed E-state index contributed by atoms with van der Waals surface area (Å²) in [4.78, 5) is 48.4. The van der Waals surface area contributed by atoms with Crippen molar-refractivity contribution in [1.29, 1.82) is 0 Å². The third-order valence-corrected chi connectivity index (χ3v) is 9.52. The van der Waals surface area contributed by atoms with Crippen molar-refractivity contribution in [3.63, 3.8) is 0 Å². The summed E-state index contributed by atoms with van der Waals surface area (Å²) in [5.74, 6) is -2.04. The minimum absolute atomic E-state index is 0.105. The Hall–Kier alpha value is -3.49. The normalized spacial score (nSPS) is 27.7. The molecule has 8 nitrogen and oxygen atoms in total. The molecule has 0 saturated carbocycles. The van der Waals surface area contributed by atoms with E-state index in [0.717, 1.165) is 17.2 Å². The molecule has 3 fully saturated rings. The van der Waals surface area contributed by atoms with Gasteiger partial charge >= 0.3 is 0 Å². The van der Waals surface area contributed by atoms with Crippen molar-refractivity contribution >= 4 is 34.2 Å². The summed E-state index contributed by atoms with van der Waals surface area (Å²) in [5, 5.41) is 11.8. The van der Waals surface area contributed by atoms with E-state index in [0.29, 0.717) is 44.5 Å². The highest BCUT2D eigenvalue weighted by atomic mass is 16.5. The zero-order valence-corrected chi connectivity index (χ0v) is 24.8. The maximum absolute atomic E-state index is 14.8. The van der Waals surface area contributed by atoms with Gasteiger partial charge < -0.3 is 24.5 Å². The number of anilines is 1. The fraction of sp³-hybridized carbons (Fsp3) is 0.500. The number of aliphatic hydroxyl groups excluding tert-OH is 1. The molecule has 5 rings (SSSR count). The molecule has 42 heavy (non-hydrogen) atoms. The SMILES string of the molecule is C=CCN(CCC)C(=O)[C@H]1[C@H]2C(=O)N(CCCO)C(C(=O)N(CC=C)c3ccc4ccccc4c3)C23CC[C@]1(CC)O3. The zero-order chi connectivity index (χ0) is 30.1. The van der Waals surface area contributed by atoms with Crippen molar-refractivity contribution in [3.05, 3.63) is 67.8 Å². The molecule has 1 spiro atoms. The molecule has 3 aliphatic rings. The first-order valence-corrected chi connectivity index (χ1v) is 15.2. The molecular weight excluding hydrogens is 530 g/mol. The molecule has 2 aromatic rings. The van der Waals surface area contributed by atoms with Gasteiger partial charge in [0.1, 0.15) is 11.6 Å². The van der Waals surface area contributed by atoms with Crippen LogP contribution in [0.3, 0.4) is 0 Å². The summed E-state index contributed by atoms with van der Waals surface area (Å²) >= 11 is 0. The quantitative estimate of drug-likeness (QED) is 0.361. The molecule has 0 aromatic heterocycles. The van der Waals surface area contributed by atoms with Crippen LogP contribution in [-0.2, 0) is 19.1 Å². The smallest absolute Gasteiger partial charge is 0.253 e. The molecule has 0 radical (unpaired) electrons. The molecule has 1 N–H and O–H groups in total. The number of fused-ring (bicyclic) bond motifs is 2. The van der Waals surface area contributed by atoms with Gasteiger partial charge in [0.25, 0.3) is 5.91 Å². The standard InChI is InChI=1S/C34H43N3O5/c1-5-18-35(19-6-2)30(39)27-28-31(40)37(21-11-22-38)29(34(28)17-16-33(27,8-4)42-34)32(41)36(20-7-3)26-15-14-24-12-9-10-13-25(24)23-26/h5,7,9-10,12-15,23,27-29,38H,1,3,6,8,11,16-22H2,2,4H3/t27-,28+,29?,33+,34?/m1/s1. The lowest BCUT2D eigenvalue weighted by Gasteiger charge is -2.37. The summed E-state index contributed by atoms with van der Waals surface area (Å²) in [5.41, 5.74) is -1.22. The minimum Gasteiger partial charge on any atom is -0.396 e. The summed E-state index contributed by atoms with van der Waals surface area (Å²) in [6, 6.07) is 12.9. The molecule has 8 heteroatoms. The number of aliphatic hydroxyl groups is 1. The Morgan fingerprint density at radius 2 is 1.81 bits per heavy atom. The Kier molecular flexibility index (Phi) is 8.58. The Morgan fingerprint density at radius 1 is 1.07 bits per heavy atom. The topological polar surface area (TPSA) is 90.4 Å². The first-order chi connectivity index (χ1) is 20.3. The van der Waals surface area contributed by atoms with E-state index in [4.69, 9.17) is 4.74 Å². The first kappa shape index (κ1) is 30.0. The molecular formula is C34H43N3O5. The lowest BCUT2D eigenvalue weighted by Crippen LogP contribution is -2.56. The van der Waals surface area contributed by atoms with Crippen LogP contribution < -0.4 is 4.90 Å². The second kappa shape index (κ2) is 12.0. The van der Waals surface area contributed by atoms with Gasteiger partial charge in [-0.1, -0.05) is 56.3 Å². The van der Waals surface area contributed by atoms with E-state index in [-0.39, 0.29) is 37.4 Å². The van der Waals surface area contributed by atoms with Crippen molar-refractivity contribution < 1.29 is 24.2 Å². The number of carbonyl (C=O) groups is 3. The second-order valence-electron chi connectivity index (χ2n) is 11.8. The van der Waals surface area contributed by atoms with Gasteiger partial charge in [-0.25, -0.2) is 0 Å². The van der Waals surface area contributed by atoms with E-state index in [1.165, 1.54) is 0 Å². The number of ether oxygens (including phenoxy) is 1. The monoisotopic (exact) mass is 573 g/mol. The number of benzene rings is 2. The van der Waals surface area contributed by atoms with Crippen molar-refractivity contribution in [2.24, 2.45) is 11.8 Å². The van der Waals surface area contributed by atoms with E-state index in [9.17, 15) is 19.5 Å². The van der Waals surface area contributed by atoms with Gasteiger partial charge in [-0.15, -0.1) is 13.2 Å². The molecule has 3 amide bonds. The Labute approximate surface area is 248 Å². The summed E-state index contributed by atoms with van der Waals surface area (Å²) in [7, 11) is 0. The average Bonchev–Trinajstić information content (AvgIpc) is 3.61. The summed E-state index contributed by atoms with van der Waals surface area (Å²) < 4.78 is 6.94. The van der Waals surface area contributed by atoms with E-state index >= 15 is 0 Å². The van der Waals surface area contributed by atoms with E-state index in [1.54, 1.807) is 26.9 Å². The van der Waals surface area contributed by atoms with E-state index < -0.39 is 29.1 Å². The summed E-state index contributed by atoms with van der Waals surface area (Å²) in [6.07, 6.45) is 6.19. The highest BCUT2D eigenvalue weighted by molar-refractivity contribution is 6.06. The van der Waals surface area contributed by atoms with Crippen LogP contribution in [0, 0.1) is 11.8 Å². The van der Waals surface area contributed by atoms with Crippen LogP contribution in [-0.4, -0.2) is 82.7 Å². The van der Waals surface area contributed by atoms with Crippen LogP contribution in [0.1, 0.15) is 46.0 Å². The highest BCUT2D eigenvalue weighted by Crippen LogP contribution is 2.64.